The minimum Gasteiger partial charge on any atom is -0.300 e. The third kappa shape index (κ3) is 4.44. The van der Waals surface area contributed by atoms with Gasteiger partial charge >= 0.3 is 0 Å². The van der Waals surface area contributed by atoms with Crippen LogP contribution in [0.2, 0.25) is 0 Å². The molecule has 0 radical (unpaired) electrons. The van der Waals surface area contributed by atoms with Gasteiger partial charge < -0.3 is 0 Å². The molecule has 0 bridgehead atoms. The third-order valence-electron chi connectivity index (χ3n) is 1.96. The number of benzene rings is 1. The molecule has 0 spiro atoms. The van der Waals surface area contributed by atoms with Crippen LogP contribution in [0.3, 0.4) is 0 Å². The van der Waals surface area contributed by atoms with Crippen molar-refractivity contribution in [2.45, 2.75) is 13.3 Å². The van der Waals surface area contributed by atoms with E-state index in [-0.39, 0.29) is 5.78 Å². The molecule has 1 aromatic rings. The first-order chi connectivity index (χ1) is 7.72. The zero-order valence-corrected chi connectivity index (χ0v) is 9.13. The average Bonchev–Trinajstić information content (AvgIpc) is 2.24. The summed E-state index contributed by atoms with van der Waals surface area (Å²) in [6.07, 6.45) is 4.11. The Bertz CT molecular complexity index is 445. The van der Waals surface area contributed by atoms with Gasteiger partial charge in [-0.25, -0.2) is 0 Å². The Morgan fingerprint density at radius 2 is 2.38 bits per heavy atom. The number of ketones is 1. The van der Waals surface area contributed by atoms with Gasteiger partial charge in [0, 0.05) is 17.9 Å². The van der Waals surface area contributed by atoms with E-state index in [0.717, 1.165) is 11.1 Å². The van der Waals surface area contributed by atoms with Crippen LogP contribution in [0.25, 0.3) is 16.5 Å². The molecule has 0 atom stereocenters. The molecule has 4 heteroatoms. The van der Waals surface area contributed by atoms with E-state index in [2.05, 4.69) is 10.0 Å². The van der Waals surface area contributed by atoms with Crippen LogP contribution >= 0.6 is 0 Å². The lowest BCUT2D eigenvalue weighted by atomic mass is 10.1. The molecule has 1 rings (SSSR count). The first-order valence-electron chi connectivity index (χ1n) is 4.98. The molecule has 0 fully saturated rings. The normalized spacial score (nSPS) is 10.1. The maximum Gasteiger partial charge on any atom is 0.134 e. The quantitative estimate of drug-likeness (QED) is 0.422. The molecule has 0 saturated carbocycles. The average molecular weight is 215 g/mol. The minimum absolute atomic E-state index is 0.148. The van der Waals surface area contributed by atoms with Crippen LogP contribution in [0.1, 0.15) is 18.1 Å². The molecule has 0 aromatic heterocycles. The molecule has 0 unspecified atom stereocenters. The summed E-state index contributed by atoms with van der Waals surface area (Å²) in [7, 11) is 0. The van der Waals surface area contributed by atoms with E-state index in [1.54, 1.807) is 13.0 Å². The van der Waals surface area contributed by atoms with E-state index >= 15 is 0 Å². The third-order valence-corrected chi connectivity index (χ3v) is 1.96. The van der Waals surface area contributed by atoms with Gasteiger partial charge in [-0.15, -0.1) is 0 Å². The van der Waals surface area contributed by atoms with E-state index in [1.165, 1.54) is 0 Å². The molecule has 0 aliphatic rings. The second-order valence-corrected chi connectivity index (χ2v) is 3.44. The number of azide groups is 1. The van der Waals surface area contributed by atoms with Crippen LogP contribution in [-0.2, 0) is 11.2 Å². The predicted octanol–water partition coefficient (Wildman–Crippen LogP) is 3.14. The smallest absolute Gasteiger partial charge is 0.134 e. The number of Topliss-reactive ketones (excluding diaryl/α,β-unsaturated/α-hetero) is 1. The van der Waals surface area contributed by atoms with Crippen molar-refractivity contribution in [3.05, 3.63) is 51.9 Å². The van der Waals surface area contributed by atoms with Gasteiger partial charge in [-0.2, -0.15) is 0 Å². The van der Waals surface area contributed by atoms with Crippen molar-refractivity contribution in [3.8, 4) is 0 Å². The molecule has 1 aromatic carbocycles. The Morgan fingerprint density at radius 1 is 1.56 bits per heavy atom. The molecular formula is C12H13N3O. The summed E-state index contributed by atoms with van der Waals surface area (Å²) in [5, 5.41) is 3.40. The summed E-state index contributed by atoms with van der Waals surface area (Å²) in [6, 6.07) is 7.72. The Labute approximate surface area is 94.2 Å². The van der Waals surface area contributed by atoms with Crippen LogP contribution in [0.5, 0.6) is 0 Å². The van der Waals surface area contributed by atoms with E-state index in [4.69, 9.17) is 5.53 Å². The van der Waals surface area contributed by atoms with Crippen LogP contribution in [0.15, 0.2) is 35.5 Å². The summed E-state index contributed by atoms with van der Waals surface area (Å²) < 4.78 is 0. The lowest BCUT2D eigenvalue weighted by Gasteiger charge is -1.99. The number of carbonyl (C=O) groups is 1. The molecular weight excluding hydrogens is 202 g/mol. The summed E-state index contributed by atoms with van der Waals surface area (Å²) in [5.41, 5.74) is 10.1. The maximum atomic E-state index is 11.0. The number of hydrogen-bond acceptors (Lipinski definition) is 2. The standard InChI is InChI=1S/C12H13N3O/c1-10(16)8-12-5-2-4-11(9-12)6-3-7-14-15-13/h2-6,9H,7-8H2,1H3. The van der Waals surface area contributed by atoms with Crippen molar-refractivity contribution in [2.24, 2.45) is 5.11 Å². The van der Waals surface area contributed by atoms with Gasteiger partial charge in [0.25, 0.3) is 0 Å². The van der Waals surface area contributed by atoms with Gasteiger partial charge in [-0.3, -0.25) is 4.79 Å². The van der Waals surface area contributed by atoms with Crippen molar-refractivity contribution in [1.29, 1.82) is 0 Å². The zero-order valence-electron chi connectivity index (χ0n) is 9.13. The van der Waals surface area contributed by atoms with E-state index in [9.17, 15) is 4.79 Å². The van der Waals surface area contributed by atoms with Crippen LogP contribution in [0.4, 0.5) is 0 Å². The van der Waals surface area contributed by atoms with Crippen LogP contribution in [-0.4, -0.2) is 12.3 Å². The molecule has 0 saturated heterocycles. The first kappa shape index (κ1) is 12.0. The molecule has 0 amide bonds. The van der Waals surface area contributed by atoms with E-state index < -0.39 is 0 Å². The fourth-order valence-electron chi connectivity index (χ4n) is 1.37. The second-order valence-electron chi connectivity index (χ2n) is 3.44. The number of hydrogen-bond donors (Lipinski definition) is 0. The molecule has 0 N–H and O–H groups in total. The van der Waals surface area contributed by atoms with E-state index in [0.29, 0.717) is 13.0 Å². The highest BCUT2D eigenvalue weighted by atomic mass is 16.1. The van der Waals surface area contributed by atoms with Crippen molar-refractivity contribution >= 4 is 11.9 Å². The lowest BCUT2D eigenvalue weighted by Crippen LogP contribution is -1.95. The molecule has 0 aliphatic heterocycles. The van der Waals surface area contributed by atoms with Crippen molar-refractivity contribution in [1.82, 2.24) is 0 Å². The Balaban J connectivity index is 2.70. The predicted molar refractivity (Wildman–Crippen MR) is 63.9 cm³/mol. The fourth-order valence-corrected chi connectivity index (χ4v) is 1.37. The van der Waals surface area contributed by atoms with Gasteiger partial charge in [0.1, 0.15) is 5.78 Å². The van der Waals surface area contributed by atoms with Crippen molar-refractivity contribution in [2.75, 3.05) is 6.54 Å². The summed E-state index contributed by atoms with van der Waals surface area (Å²) in [5.74, 6) is 0.148. The Morgan fingerprint density at radius 3 is 3.06 bits per heavy atom. The van der Waals surface area contributed by atoms with Gasteiger partial charge in [-0.05, 0) is 23.6 Å². The fraction of sp³-hybridized carbons (Fsp3) is 0.250. The topological polar surface area (TPSA) is 65.8 Å². The van der Waals surface area contributed by atoms with Gasteiger partial charge in [-0.1, -0.05) is 41.5 Å². The molecule has 0 heterocycles. The zero-order chi connectivity index (χ0) is 11.8. The maximum absolute atomic E-state index is 11.0. The highest BCUT2D eigenvalue weighted by Crippen LogP contribution is 2.08. The molecule has 82 valence electrons. The molecule has 16 heavy (non-hydrogen) atoms. The van der Waals surface area contributed by atoms with Crippen LogP contribution in [0, 0.1) is 0 Å². The summed E-state index contributed by atoms with van der Waals surface area (Å²) >= 11 is 0. The largest absolute Gasteiger partial charge is 0.300 e. The van der Waals surface area contributed by atoms with Crippen molar-refractivity contribution in [3.63, 3.8) is 0 Å². The van der Waals surface area contributed by atoms with Crippen molar-refractivity contribution < 1.29 is 4.79 Å². The number of rotatable bonds is 5. The minimum atomic E-state index is 0.148. The highest BCUT2D eigenvalue weighted by molar-refractivity contribution is 5.78. The van der Waals surface area contributed by atoms with Gasteiger partial charge in [0.05, 0.1) is 0 Å². The van der Waals surface area contributed by atoms with Gasteiger partial charge in [0.15, 0.2) is 0 Å². The second kappa shape index (κ2) is 6.43. The molecule has 0 aliphatic carbocycles. The Hall–Kier alpha value is -2.06. The number of nitrogens with zero attached hydrogens (tertiary/aromatic N) is 3. The highest BCUT2D eigenvalue weighted by Gasteiger charge is 1.97. The van der Waals surface area contributed by atoms with Crippen LogP contribution < -0.4 is 0 Å². The number of carbonyl (C=O) groups excluding carboxylic acids is 1. The van der Waals surface area contributed by atoms with E-state index in [1.807, 2.05) is 30.3 Å². The Kier molecular flexibility index (Phi) is 4.83. The lowest BCUT2D eigenvalue weighted by molar-refractivity contribution is -0.116. The summed E-state index contributed by atoms with van der Waals surface area (Å²) in [4.78, 5) is 13.6. The monoisotopic (exact) mass is 215 g/mol. The van der Waals surface area contributed by atoms with Gasteiger partial charge in [0.2, 0.25) is 0 Å². The summed E-state index contributed by atoms with van der Waals surface area (Å²) in [6.45, 7) is 1.91. The SMILES string of the molecule is CC(=O)Cc1cccc(C=CCN=[N+]=[N-])c1. The molecule has 4 nitrogen and oxygen atoms in total. The first-order valence-corrected chi connectivity index (χ1v) is 4.98.